The highest BCUT2D eigenvalue weighted by molar-refractivity contribution is 5.99. The maximum atomic E-state index is 12.2. The Morgan fingerprint density at radius 2 is 1.42 bits per heavy atom. The van der Waals surface area contributed by atoms with Gasteiger partial charge in [-0.2, -0.15) is 0 Å². The molecule has 0 amide bonds. The third-order valence-corrected chi connectivity index (χ3v) is 3.25. The van der Waals surface area contributed by atoms with Gasteiger partial charge in [-0.25, -0.2) is 0 Å². The van der Waals surface area contributed by atoms with Gasteiger partial charge in [0, 0.05) is 11.6 Å². The summed E-state index contributed by atoms with van der Waals surface area (Å²) in [6.07, 6.45) is 0. The minimum Gasteiger partial charge on any atom is -0.301 e. The van der Waals surface area contributed by atoms with Crippen molar-refractivity contribution >= 4 is 5.78 Å². The molecule has 2 nitrogen and oxygen atoms in total. The molecule has 0 fully saturated rings. The average Bonchev–Trinajstić information content (AvgIpc) is 2.48. The number of carbonyl (C=O) groups excluding carboxylic acids is 1. The van der Waals surface area contributed by atoms with Gasteiger partial charge < -0.3 is 5.32 Å². The lowest BCUT2D eigenvalue weighted by Crippen LogP contribution is -2.35. The number of hydrogen-bond acceptors (Lipinski definition) is 2. The molecule has 0 bridgehead atoms. The molecule has 0 aliphatic carbocycles. The fourth-order valence-corrected chi connectivity index (χ4v) is 2.14. The van der Waals surface area contributed by atoms with Crippen molar-refractivity contribution in [2.75, 3.05) is 0 Å². The minimum absolute atomic E-state index is 0.128. The van der Waals surface area contributed by atoms with Gasteiger partial charge in [0.1, 0.15) is 0 Å². The highest BCUT2D eigenvalue weighted by atomic mass is 16.1. The highest BCUT2D eigenvalue weighted by Crippen LogP contribution is 2.13. The topological polar surface area (TPSA) is 29.1 Å². The molecular formula is C17H19NO. The Morgan fingerprint density at radius 1 is 0.895 bits per heavy atom. The predicted molar refractivity (Wildman–Crippen MR) is 78.2 cm³/mol. The molecule has 2 aromatic carbocycles. The molecule has 2 atom stereocenters. The van der Waals surface area contributed by atoms with E-state index in [1.54, 1.807) is 0 Å². The van der Waals surface area contributed by atoms with E-state index in [-0.39, 0.29) is 17.9 Å². The van der Waals surface area contributed by atoms with Crippen LogP contribution in [0.3, 0.4) is 0 Å². The SMILES string of the molecule is CC(N[C@H](C)c1ccccc1)C(=O)c1ccccc1. The second-order valence-corrected chi connectivity index (χ2v) is 4.75. The number of carbonyl (C=O) groups is 1. The first-order valence-corrected chi connectivity index (χ1v) is 6.58. The summed E-state index contributed by atoms with van der Waals surface area (Å²) >= 11 is 0. The number of Topliss-reactive ketones (excluding diaryl/α,β-unsaturated/α-hetero) is 1. The maximum Gasteiger partial charge on any atom is 0.179 e. The predicted octanol–water partition coefficient (Wildman–Crippen LogP) is 3.61. The van der Waals surface area contributed by atoms with E-state index in [1.165, 1.54) is 5.56 Å². The van der Waals surface area contributed by atoms with Crippen LogP contribution in [0, 0.1) is 0 Å². The Labute approximate surface area is 114 Å². The van der Waals surface area contributed by atoms with E-state index in [2.05, 4.69) is 24.4 Å². The van der Waals surface area contributed by atoms with Gasteiger partial charge in [-0.3, -0.25) is 4.79 Å². The van der Waals surface area contributed by atoms with Gasteiger partial charge in [0.15, 0.2) is 5.78 Å². The molecule has 0 radical (unpaired) electrons. The van der Waals surface area contributed by atoms with Gasteiger partial charge in [-0.15, -0.1) is 0 Å². The summed E-state index contributed by atoms with van der Waals surface area (Å²) in [5.41, 5.74) is 1.94. The first-order valence-electron chi connectivity index (χ1n) is 6.58. The molecule has 0 aromatic heterocycles. The Bertz CT molecular complexity index is 521. The van der Waals surface area contributed by atoms with Crippen molar-refractivity contribution < 1.29 is 4.79 Å². The van der Waals surface area contributed by atoms with Crippen molar-refractivity contribution in [3.8, 4) is 0 Å². The van der Waals surface area contributed by atoms with Gasteiger partial charge in [0.05, 0.1) is 6.04 Å². The zero-order valence-corrected chi connectivity index (χ0v) is 11.3. The molecule has 2 heteroatoms. The molecule has 98 valence electrons. The third-order valence-electron chi connectivity index (χ3n) is 3.25. The van der Waals surface area contributed by atoms with Crippen LogP contribution >= 0.6 is 0 Å². The third kappa shape index (κ3) is 3.52. The van der Waals surface area contributed by atoms with Crippen LogP contribution < -0.4 is 5.32 Å². The molecule has 0 saturated heterocycles. The Hall–Kier alpha value is -1.93. The highest BCUT2D eigenvalue weighted by Gasteiger charge is 2.17. The van der Waals surface area contributed by atoms with Crippen LogP contribution in [0.25, 0.3) is 0 Å². The number of ketones is 1. The molecule has 0 heterocycles. The lowest BCUT2D eigenvalue weighted by molar-refractivity contribution is 0.0945. The van der Waals surface area contributed by atoms with Crippen molar-refractivity contribution in [1.29, 1.82) is 0 Å². The summed E-state index contributed by atoms with van der Waals surface area (Å²) in [5, 5.41) is 3.34. The summed E-state index contributed by atoms with van der Waals surface area (Å²) in [5.74, 6) is 0.128. The van der Waals surface area contributed by atoms with Gasteiger partial charge >= 0.3 is 0 Å². The first-order chi connectivity index (χ1) is 9.18. The zero-order valence-electron chi connectivity index (χ0n) is 11.3. The number of hydrogen-bond donors (Lipinski definition) is 1. The fraction of sp³-hybridized carbons (Fsp3) is 0.235. The van der Waals surface area contributed by atoms with E-state index in [0.717, 1.165) is 5.56 Å². The molecule has 0 saturated carbocycles. The smallest absolute Gasteiger partial charge is 0.179 e. The molecule has 1 N–H and O–H groups in total. The summed E-state index contributed by atoms with van der Waals surface area (Å²) in [4.78, 5) is 12.2. The summed E-state index contributed by atoms with van der Waals surface area (Å²) in [6, 6.07) is 19.5. The van der Waals surface area contributed by atoms with Gasteiger partial charge in [0.25, 0.3) is 0 Å². The van der Waals surface area contributed by atoms with Crippen LogP contribution in [0.15, 0.2) is 60.7 Å². The molecule has 2 rings (SSSR count). The Kier molecular flexibility index (Phi) is 4.48. The summed E-state index contributed by atoms with van der Waals surface area (Å²) in [7, 11) is 0. The van der Waals surface area contributed by atoms with Gasteiger partial charge in [-0.1, -0.05) is 60.7 Å². The molecule has 0 spiro atoms. The van der Waals surface area contributed by atoms with Crippen molar-refractivity contribution in [3.63, 3.8) is 0 Å². The van der Waals surface area contributed by atoms with Crippen LogP contribution in [-0.2, 0) is 0 Å². The normalized spacial score (nSPS) is 13.8. The van der Waals surface area contributed by atoms with Crippen LogP contribution in [0.2, 0.25) is 0 Å². The molecule has 1 unspecified atom stereocenters. The lowest BCUT2D eigenvalue weighted by Gasteiger charge is -2.19. The first kappa shape index (κ1) is 13.5. The lowest BCUT2D eigenvalue weighted by atomic mass is 10.0. The van der Waals surface area contributed by atoms with Crippen LogP contribution in [0.5, 0.6) is 0 Å². The largest absolute Gasteiger partial charge is 0.301 e. The maximum absolute atomic E-state index is 12.2. The zero-order chi connectivity index (χ0) is 13.7. The molecule has 0 aliphatic rings. The van der Waals surface area contributed by atoms with Gasteiger partial charge in [0.2, 0.25) is 0 Å². The summed E-state index contributed by atoms with van der Waals surface area (Å²) < 4.78 is 0. The molecule has 0 aliphatic heterocycles. The number of rotatable bonds is 5. The molecular weight excluding hydrogens is 234 g/mol. The van der Waals surface area contributed by atoms with Crippen molar-refractivity contribution in [1.82, 2.24) is 5.32 Å². The number of nitrogens with one attached hydrogen (secondary N) is 1. The van der Waals surface area contributed by atoms with E-state index < -0.39 is 0 Å². The Morgan fingerprint density at radius 3 is 2.00 bits per heavy atom. The second-order valence-electron chi connectivity index (χ2n) is 4.75. The van der Waals surface area contributed by atoms with E-state index in [0.29, 0.717) is 0 Å². The standard InChI is InChI=1S/C17H19NO/c1-13(15-9-5-3-6-10-15)18-14(2)17(19)16-11-7-4-8-12-16/h3-14,18H,1-2H3/t13-,14?/m1/s1. The van der Waals surface area contributed by atoms with Gasteiger partial charge in [-0.05, 0) is 19.4 Å². The van der Waals surface area contributed by atoms with E-state index in [9.17, 15) is 4.79 Å². The van der Waals surface area contributed by atoms with E-state index in [4.69, 9.17) is 0 Å². The monoisotopic (exact) mass is 253 g/mol. The van der Waals surface area contributed by atoms with Crippen LogP contribution in [0.4, 0.5) is 0 Å². The molecule has 19 heavy (non-hydrogen) atoms. The van der Waals surface area contributed by atoms with Crippen molar-refractivity contribution in [2.45, 2.75) is 25.9 Å². The van der Waals surface area contributed by atoms with Crippen LogP contribution in [0.1, 0.15) is 35.8 Å². The van der Waals surface area contributed by atoms with Crippen molar-refractivity contribution in [3.05, 3.63) is 71.8 Å². The van der Waals surface area contributed by atoms with Crippen molar-refractivity contribution in [2.24, 2.45) is 0 Å². The quantitative estimate of drug-likeness (QED) is 0.825. The van der Waals surface area contributed by atoms with Crippen LogP contribution in [-0.4, -0.2) is 11.8 Å². The minimum atomic E-state index is -0.197. The molecule has 2 aromatic rings. The van der Waals surface area contributed by atoms with E-state index >= 15 is 0 Å². The summed E-state index contributed by atoms with van der Waals surface area (Å²) in [6.45, 7) is 3.98. The number of benzene rings is 2. The Balaban J connectivity index is 2.02. The second kappa shape index (κ2) is 6.30. The average molecular weight is 253 g/mol. The fourth-order valence-electron chi connectivity index (χ4n) is 2.14. The van der Waals surface area contributed by atoms with E-state index in [1.807, 2.05) is 55.5 Å².